The summed E-state index contributed by atoms with van der Waals surface area (Å²) in [6, 6.07) is 6.04. The number of likely N-dealkylation sites (tertiary alicyclic amines) is 1. The molecule has 4 nitrogen and oxygen atoms in total. The lowest BCUT2D eigenvalue weighted by Crippen LogP contribution is -2.33. The lowest BCUT2D eigenvalue weighted by Gasteiger charge is -2.19. The third-order valence-electron chi connectivity index (χ3n) is 4.37. The maximum Gasteiger partial charge on any atom is 0.257 e. The molecule has 0 atom stereocenters. The number of nitrogens with zero attached hydrogens (tertiary/aromatic N) is 1. The first-order valence-corrected chi connectivity index (χ1v) is 8.84. The zero-order valence-electron chi connectivity index (χ0n) is 14.6. The average Bonchev–Trinajstić information content (AvgIpc) is 2.81. The number of amides is 1. The molecule has 1 heterocycles. The van der Waals surface area contributed by atoms with Crippen molar-refractivity contribution in [3.05, 3.63) is 29.3 Å². The summed E-state index contributed by atoms with van der Waals surface area (Å²) < 4.78 is 5.62. The second-order valence-corrected chi connectivity index (χ2v) is 6.52. The van der Waals surface area contributed by atoms with Gasteiger partial charge in [-0.05, 0) is 69.9 Å². The van der Waals surface area contributed by atoms with Gasteiger partial charge < -0.3 is 15.0 Å². The van der Waals surface area contributed by atoms with E-state index in [9.17, 15) is 4.79 Å². The van der Waals surface area contributed by atoms with E-state index in [1.807, 2.05) is 32.0 Å². The van der Waals surface area contributed by atoms with E-state index in [-0.39, 0.29) is 12.5 Å². The van der Waals surface area contributed by atoms with Crippen LogP contribution in [0.25, 0.3) is 0 Å². The second-order valence-electron chi connectivity index (χ2n) is 6.52. The van der Waals surface area contributed by atoms with Crippen molar-refractivity contribution in [3.8, 4) is 5.75 Å². The highest BCUT2D eigenvalue weighted by molar-refractivity contribution is 5.77. The molecule has 1 saturated heterocycles. The van der Waals surface area contributed by atoms with Gasteiger partial charge >= 0.3 is 0 Å². The van der Waals surface area contributed by atoms with E-state index >= 15 is 0 Å². The molecule has 1 aromatic carbocycles. The molecular weight excluding hydrogens is 288 g/mol. The Bertz CT molecular complexity index is 494. The molecule has 0 saturated carbocycles. The summed E-state index contributed by atoms with van der Waals surface area (Å²) in [6.45, 7) is 8.34. The van der Waals surface area contributed by atoms with Gasteiger partial charge in [0, 0.05) is 6.54 Å². The molecule has 0 bridgehead atoms. The Morgan fingerprint density at radius 1 is 1.17 bits per heavy atom. The predicted octanol–water partition coefficient (Wildman–Crippen LogP) is 3.06. The van der Waals surface area contributed by atoms with Crippen LogP contribution < -0.4 is 10.1 Å². The average molecular weight is 318 g/mol. The summed E-state index contributed by atoms with van der Waals surface area (Å²) in [5.41, 5.74) is 2.20. The van der Waals surface area contributed by atoms with Gasteiger partial charge in [0.15, 0.2) is 6.61 Å². The van der Waals surface area contributed by atoms with Crippen LogP contribution in [0.5, 0.6) is 5.75 Å². The molecule has 0 unspecified atom stereocenters. The van der Waals surface area contributed by atoms with Crippen molar-refractivity contribution in [1.82, 2.24) is 10.2 Å². The van der Waals surface area contributed by atoms with E-state index in [1.54, 1.807) is 0 Å². The number of aryl methyl sites for hydroxylation is 2. The van der Waals surface area contributed by atoms with Gasteiger partial charge in [-0.1, -0.05) is 25.0 Å². The Hall–Kier alpha value is -1.55. The monoisotopic (exact) mass is 318 g/mol. The van der Waals surface area contributed by atoms with Gasteiger partial charge in [0.25, 0.3) is 5.91 Å². The molecule has 0 radical (unpaired) electrons. The molecule has 0 spiro atoms. The van der Waals surface area contributed by atoms with E-state index in [0.29, 0.717) is 0 Å². The second kappa shape index (κ2) is 9.56. The normalized spacial score (nSPS) is 15.9. The van der Waals surface area contributed by atoms with Gasteiger partial charge in [-0.2, -0.15) is 0 Å². The van der Waals surface area contributed by atoms with Crippen LogP contribution in [0.3, 0.4) is 0 Å². The Morgan fingerprint density at radius 3 is 2.65 bits per heavy atom. The van der Waals surface area contributed by atoms with E-state index in [2.05, 4.69) is 10.2 Å². The number of rotatable bonds is 7. The minimum atomic E-state index is -0.0400. The van der Waals surface area contributed by atoms with E-state index in [4.69, 9.17) is 4.74 Å². The van der Waals surface area contributed by atoms with Gasteiger partial charge in [-0.25, -0.2) is 0 Å². The van der Waals surface area contributed by atoms with Crippen LogP contribution in [-0.4, -0.2) is 43.6 Å². The van der Waals surface area contributed by atoms with Crippen LogP contribution in [0.2, 0.25) is 0 Å². The SMILES string of the molecule is Cc1ccc(C)c(OCC(=O)NCCCN2CCCCCC2)c1. The van der Waals surface area contributed by atoms with Crippen molar-refractivity contribution >= 4 is 5.91 Å². The first kappa shape index (κ1) is 17.8. The number of hydrogen-bond acceptors (Lipinski definition) is 3. The minimum Gasteiger partial charge on any atom is -0.483 e. The summed E-state index contributed by atoms with van der Waals surface area (Å²) >= 11 is 0. The lowest BCUT2D eigenvalue weighted by atomic mass is 10.1. The molecule has 1 fully saturated rings. The van der Waals surface area contributed by atoms with Gasteiger partial charge in [0.2, 0.25) is 0 Å². The van der Waals surface area contributed by atoms with Crippen LogP contribution in [-0.2, 0) is 4.79 Å². The highest BCUT2D eigenvalue weighted by atomic mass is 16.5. The van der Waals surface area contributed by atoms with Crippen LogP contribution in [0.4, 0.5) is 0 Å². The fourth-order valence-electron chi connectivity index (χ4n) is 2.95. The quantitative estimate of drug-likeness (QED) is 0.786. The van der Waals surface area contributed by atoms with Gasteiger partial charge in [0.1, 0.15) is 5.75 Å². The maximum absolute atomic E-state index is 11.9. The molecule has 1 aliphatic heterocycles. The van der Waals surface area contributed by atoms with Crippen molar-refractivity contribution in [3.63, 3.8) is 0 Å². The van der Waals surface area contributed by atoms with E-state index < -0.39 is 0 Å². The Balaban J connectivity index is 1.60. The fraction of sp³-hybridized carbons (Fsp3) is 0.632. The Labute approximate surface area is 140 Å². The standard InChI is InChI=1S/C19H30N2O2/c1-16-8-9-17(2)18(14-16)23-15-19(22)20-10-7-13-21-11-5-3-4-6-12-21/h8-9,14H,3-7,10-13,15H2,1-2H3,(H,20,22). The maximum atomic E-state index is 11.9. The van der Waals surface area contributed by atoms with Gasteiger partial charge in [0.05, 0.1) is 0 Å². The van der Waals surface area contributed by atoms with Crippen molar-refractivity contribution in [2.45, 2.75) is 46.0 Å². The molecule has 0 aromatic heterocycles. The van der Waals surface area contributed by atoms with Crippen molar-refractivity contribution in [2.75, 3.05) is 32.8 Å². The zero-order chi connectivity index (χ0) is 16.5. The minimum absolute atomic E-state index is 0.0400. The Morgan fingerprint density at radius 2 is 1.91 bits per heavy atom. The highest BCUT2D eigenvalue weighted by Crippen LogP contribution is 2.18. The zero-order valence-corrected chi connectivity index (χ0v) is 14.6. The molecule has 1 amide bonds. The lowest BCUT2D eigenvalue weighted by molar-refractivity contribution is -0.123. The first-order chi connectivity index (χ1) is 11.1. The third-order valence-corrected chi connectivity index (χ3v) is 4.37. The number of benzene rings is 1. The van der Waals surface area contributed by atoms with E-state index in [1.165, 1.54) is 38.8 Å². The van der Waals surface area contributed by atoms with Crippen LogP contribution >= 0.6 is 0 Å². The van der Waals surface area contributed by atoms with Crippen LogP contribution in [0, 0.1) is 13.8 Å². The van der Waals surface area contributed by atoms with Crippen molar-refractivity contribution in [1.29, 1.82) is 0 Å². The van der Waals surface area contributed by atoms with Crippen molar-refractivity contribution < 1.29 is 9.53 Å². The summed E-state index contributed by atoms with van der Waals surface area (Å²) in [6.07, 6.45) is 6.37. The summed E-state index contributed by atoms with van der Waals surface area (Å²) in [5.74, 6) is 0.756. The predicted molar refractivity (Wildman–Crippen MR) is 93.9 cm³/mol. The number of hydrogen-bond donors (Lipinski definition) is 1. The molecule has 0 aliphatic carbocycles. The van der Waals surface area contributed by atoms with Gasteiger partial charge in [-0.3, -0.25) is 4.79 Å². The molecule has 1 N–H and O–H groups in total. The number of ether oxygens (including phenoxy) is 1. The van der Waals surface area contributed by atoms with E-state index in [0.717, 1.165) is 36.4 Å². The van der Waals surface area contributed by atoms with Crippen LogP contribution in [0.1, 0.15) is 43.2 Å². The van der Waals surface area contributed by atoms with Crippen LogP contribution in [0.15, 0.2) is 18.2 Å². The topological polar surface area (TPSA) is 41.6 Å². The first-order valence-electron chi connectivity index (χ1n) is 8.84. The molecule has 4 heteroatoms. The fourth-order valence-corrected chi connectivity index (χ4v) is 2.95. The van der Waals surface area contributed by atoms with Crippen molar-refractivity contribution in [2.24, 2.45) is 0 Å². The molecule has 1 aliphatic rings. The number of carbonyl (C=O) groups excluding carboxylic acids is 1. The molecule has 1 aromatic rings. The summed E-state index contributed by atoms with van der Waals surface area (Å²) in [7, 11) is 0. The number of nitrogens with one attached hydrogen (secondary N) is 1. The molecular formula is C19H30N2O2. The summed E-state index contributed by atoms with van der Waals surface area (Å²) in [4.78, 5) is 14.4. The van der Waals surface area contributed by atoms with Gasteiger partial charge in [-0.15, -0.1) is 0 Å². The largest absolute Gasteiger partial charge is 0.483 e. The molecule has 128 valence electrons. The molecule has 2 rings (SSSR count). The molecule has 23 heavy (non-hydrogen) atoms. The highest BCUT2D eigenvalue weighted by Gasteiger charge is 2.09. The third kappa shape index (κ3) is 6.61. The Kier molecular flexibility index (Phi) is 7.40. The number of carbonyl (C=O) groups is 1. The summed E-state index contributed by atoms with van der Waals surface area (Å²) in [5, 5.41) is 2.95. The smallest absolute Gasteiger partial charge is 0.257 e.